The number of hydrogen-bond donors (Lipinski definition) is 2. The minimum absolute atomic E-state index is 0.145. The SMILES string of the molecule is CC[C@]1(O)C[C@H](O)[C@H]2[C@@H]3CCC4=CC(=O)CC[C@@H]4[C@H]3CC[C@@]21C. The molecule has 3 heteroatoms. The van der Waals surface area contributed by atoms with E-state index in [2.05, 4.69) is 13.8 Å². The van der Waals surface area contributed by atoms with Gasteiger partial charge in [0.25, 0.3) is 0 Å². The molecule has 2 N–H and O–H groups in total. The molecule has 0 aromatic heterocycles. The third kappa shape index (κ3) is 2.05. The first-order chi connectivity index (χ1) is 10.9. The number of fused-ring (bicyclic) bond motifs is 5. The number of hydrogen-bond acceptors (Lipinski definition) is 3. The highest BCUT2D eigenvalue weighted by Gasteiger charge is 2.64. The molecule has 128 valence electrons. The Balaban J connectivity index is 1.67. The summed E-state index contributed by atoms with van der Waals surface area (Å²) in [4.78, 5) is 11.7. The molecule has 0 unspecified atom stereocenters. The molecule has 23 heavy (non-hydrogen) atoms. The van der Waals surface area contributed by atoms with Crippen molar-refractivity contribution in [2.75, 3.05) is 0 Å². The number of rotatable bonds is 1. The number of ketones is 1. The van der Waals surface area contributed by atoms with Crippen LogP contribution in [0.25, 0.3) is 0 Å². The molecular formula is C20H30O3. The summed E-state index contributed by atoms with van der Waals surface area (Å²) in [6.45, 7) is 4.28. The van der Waals surface area contributed by atoms with Crippen LogP contribution in [0.5, 0.6) is 0 Å². The molecular weight excluding hydrogens is 288 g/mol. The van der Waals surface area contributed by atoms with Crippen molar-refractivity contribution in [1.82, 2.24) is 0 Å². The molecule has 4 aliphatic carbocycles. The van der Waals surface area contributed by atoms with Gasteiger partial charge in [-0.2, -0.15) is 0 Å². The van der Waals surface area contributed by atoms with Gasteiger partial charge in [-0.15, -0.1) is 0 Å². The van der Waals surface area contributed by atoms with Crippen LogP contribution in [-0.2, 0) is 4.79 Å². The molecule has 0 aromatic carbocycles. The van der Waals surface area contributed by atoms with E-state index < -0.39 is 5.60 Å². The van der Waals surface area contributed by atoms with E-state index in [1.165, 1.54) is 5.57 Å². The van der Waals surface area contributed by atoms with Gasteiger partial charge in [0.05, 0.1) is 11.7 Å². The predicted octanol–water partition coefficient (Wildman–Crippen LogP) is 3.24. The minimum atomic E-state index is -0.708. The van der Waals surface area contributed by atoms with Crippen molar-refractivity contribution in [1.29, 1.82) is 0 Å². The average Bonchev–Trinajstić information content (AvgIpc) is 2.73. The van der Waals surface area contributed by atoms with Gasteiger partial charge in [-0.3, -0.25) is 4.79 Å². The van der Waals surface area contributed by atoms with Crippen LogP contribution in [0.2, 0.25) is 0 Å². The highest BCUT2D eigenvalue weighted by molar-refractivity contribution is 5.91. The Labute approximate surface area is 139 Å². The lowest BCUT2D eigenvalue weighted by Gasteiger charge is -2.55. The highest BCUT2D eigenvalue weighted by atomic mass is 16.3. The number of aliphatic hydroxyl groups is 2. The summed E-state index contributed by atoms with van der Waals surface area (Å²) < 4.78 is 0. The molecule has 0 heterocycles. The van der Waals surface area contributed by atoms with Gasteiger partial charge >= 0.3 is 0 Å². The molecule has 3 saturated carbocycles. The zero-order chi connectivity index (χ0) is 16.4. The molecule has 0 saturated heterocycles. The second kappa shape index (κ2) is 5.16. The molecule has 3 nitrogen and oxygen atoms in total. The topological polar surface area (TPSA) is 57.5 Å². The van der Waals surface area contributed by atoms with Gasteiger partial charge < -0.3 is 10.2 Å². The fourth-order valence-electron chi connectivity index (χ4n) is 6.94. The van der Waals surface area contributed by atoms with Crippen molar-refractivity contribution in [2.24, 2.45) is 29.1 Å². The van der Waals surface area contributed by atoms with Gasteiger partial charge in [0, 0.05) is 18.3 Å². The molecule has 0 spiro atoms. The lowest BCUT2D eigenvalue weighted by Crippen LogP contribution is -2.53. The fraction of sp³-hybridized carbons (Fsp3) is 0.850. The summed E-state index contributed by atoms with van der Waals surface area (Å²) in [7, 11) is 0. The first-order valence-corrected chi connectivity index (χ1v) is 9.53. The van der Waals surface area contributed by atoms with Crippen LogP contribution in [-0.4, -0.2) is 27.7 Å². The quantitative estimate of drug-likeness (QED) is 0.780. The van der Waals surface area contributed by atoms with Crippen LogP contribution in [0.4, 0.5) is 0 Å². The first kappa shape index (κ1) is 15.8. The van der Waals surface area contributed by atoms with E-state index in [9.17, 15) is 15.0 Å². The summed E-state index contributed by atoms with van der Waals surface area (Å²) in [5, 5.41) is 22.0. The zero-order valence-electron chi connectivity index (χ0n) is 14.4. The van der Waals surface area contributed by atoms with E-state index in [1.54, 1.807) is 0 Å². The van der Waals surface area contributed by atoms with E-state index in [0.717, 1.165) is 38.5 Å². The third-order valence-corrected chi connectivity index (χ3v) is 8.16. The van der Waals surface area contributed by atoms with E-state index in [1.807, 2.05) is 6.08 Å². The minimum Gasteiger partial charge on any atom is -0.393 e. The van der Waals surface area contributed by atoms with E-state index in [0.29, 0.717) is 36.4 Å². The smallest absolute Gasteiger partial charge is 0.155 e. The van der Waals surface area contributed by atoms with Crippen molar-refractivity contribution in [3.63, 3.8) is 0 Å². The van der Waals surface area contributed by atoms with Crippen molar-refractivity contribution in [3.05, 3.63) is 11.6 Å². The second-order valence-electron chi connectivity index (χ2n) is 8.84. The van der Waals surface area contributed by atoms with Crippen LogP contribution in [0.3, 0.4) is 0 Å². The van der Waals surface area contributed by atoms with Gasteiger partial charge in [0.15, 0.2) is 5.78 Å². The largest absolute Gasteiger partial charge is 0.393 e. The fourth-order valence-corrected chi connectivity index (χ4v) is 6.94. The van der Waals surface area contributed by atoms with Crippen molar-refractivity contribution in [3.8, 4) is 0 Å². The summed E-state index contributed by atoms with van der Waals surface area (Å²) in [6.07, 6.45) is 8.78. The van der Waals surface area contributed by atoms with Gasteiger partial charge in [0.1, 0.15) is 0 Å². The first-order valence-electron chi connectivity index (χ1n) is 9.53. The third-order valence-electron chi connectivity index (χ3n) is 8.16. The van der Waals surface area contributed by atoms with Gasteiger partial charge in [-0.1, -0.05) is 19.4 Å². The standard InChI is InChI=1S/C20H30O3/c1-3-20(23)11-17(22)18-16-6-4-12-10-13(21)5-7-14(12)15(16)8-9-19(18,20)2/h10,14-18,22-23H,3-9,11H2,1-2H3/t14-,15+,16+,17-,18+,19-,20-/m0/s1. The van der Waals surface area contributed by atoms with Crippen LogP contribution in [0.1, 0.15) is 65.2 Å². The Kier molecular flexibility index (Phi) is 3.55. The van der Waals surface area contributed by atoms with Crippen LogP contribution in [0, 0.1) is 29.1 Å². The molecule has 4 aliphatic rings. The number of carbonyl (C=O) groups excluding carboxylic acids is 1. The maximum absolute atomic E-state index is 11.7. The summed E-state index contributed by atoms with van der Waals surface area (Å²) in [5.74, 6) is 2.20. The summed E-state index contributed by atoms with van der Waals surface area (Å²) in [6, 6.07) is 0. The van der Waals surface area contributed by atoms with Crippen LogP contribution >= 0.6 is 0 Å². The average molecular weight is 318 g/mol. The molecule has 0 bridgehead atoms. The van der Waals surface area contributed by atoms with Crippen molar-refractivity contribution >= 4 is 5.78 Å². The summed E-state index contributed by atoms with van der Waals surface area (Å²) in [5.41, 5.74) is 0.527. The summed E-state index contributed by atoms with van der Waals surface area (Å²) >= 11 is 0. The van der Waals surface area contributed by atoms with Crippen LogP contribution < -0.4 is 0 Å². The second-order valence-corrected chi connectivity index (χ2v) is 8.84. The highest BCUT2D eigenvalue weighted by Crippen LogP contribution is 2.65. The van der Waals surface area contributed by atoms with E-state index in [4.69, 9.17) is 0 Å². The molecule has 7 atom stereocenters. The van der Waals surface area contributed by atoms with E-state index in [-0.39, 0.29) is 17.4 Å². The maximum atomic E-state index is 11.7. The Hall–Kier alpha value is -0.670. The normalized spacial score (nSPS) is 52.4. The molecule has 0 radical (unpaired) electrons. The van der Waals surface area contributed by atoms with Gasteiger partial charge in [-0.25, -0.2) is 0 Å². The number of aliphatic hydroxyl groups excluding tert-OH is 1. The molecule has 0 aromatic rings. The molecule has 4 rings (SSSR count). The predicted molar refractivity (Wildman–Crippen MR) is 88.7 cm³/mol. The monoisotopic (exact) mass is 318 g/mol. The van der Waals surface area contributed by atoms with Crippen molar-refractivity contribution < 1.29 is 15.0 Å². The Morgan fingerprint density at radius 3 is 2.74 bits per heavy atom. The zero-order valence-corrected chi connectivity index (χ0v) is 14.4. The van der Waals surface area contributed by atoms with Gasteiger partial charge in [0.2, 0.25) is 0 Å². The van der Waals surface area contributed by atoms with Crippen LogP contribution in [0.15, 0.2) is 11.6 Å². The van der Waals surface area contributed by atoms with Crippen molar-refractivity contribution in [2.45, 2.75) is 76.9 Å². The molecule has 3 fully saturated rings. The van der Waals surface area contributed by atoms with E-state index >= 15 is 0 Å². The van der Waals surface area contributed by atoms with Gasteiger partial charge in [-0.05, 0) is 68.3 Å². The number of allylic oxidation sites excluding steroid dienone is 1. The molecule has 0 aliphatic heterocycles. The Bertz CT molecular complexity index is 553. The lowest BCUT2D eigenvalue weighted by atomic mass is 9.50. The molecule has 0 amide bonds. The Morgan fingerprint density at radius 2 is 2.00 bits per heavy atom. The number of carbonyl (C=O) groups is 1. The lowest BCUT2D eigenvalue weighted by molar-refractivity contribution is -0.126. The Morgan fingerprint density at radius 1 is 1.22 bits per heavy atom. The maximum Gasteiger partial charge on any atom is 0.155 e.